The number of nitrogens with one attached hydrogen (secondary N) is 1. The van der Waals surface area contributed by atoms with Gasteiger partial charge in [0, 0.05) is 38.5 Å². The summed E-state index contributed by atoms with van der Waals surface area (Å²) in [5, 5.41) is 3.32. The number of carbonyl (C=O) groups is 1. The lowest BCUT2D eigenvalue weighted by Gasteiger charge is -2.26. The Balaban J connectivity index is 1.93. The van der Waals surface area contributed by atoms with Crippen LogP contribution in [0.3, 0.4) is 0 Å². The second-order valence-electron chi connectivity index (χ2n) is 3.45. The van der Waals surface area contributed by atoms with Gasteiger partial charge >= 0.3 is 5.97 Å². The van der Waals surface area contributed by atoms with E-state index in [0.717, 1.165) is 38.5 Å². The van der Waals surface area contributed by atoms with Gasteiger partial charge in [0.05, 0.1) is 12.4 Å². The van der Waals surface area contributed by atoms with Crippen molar-refractivity contribution in [3.05, 3.63) is 0 Å². The van der Waals surface area contributed by atoms with Gasteiger partial charge in [0.2, 0.25) is 0 Å². The molecule has 0 saturated carbocycles. The number of esters is 1. The molecule has 0 radical (unpaired) electrons. The fraction of sp³-hybridized carbons (Fsp3) is 0.900. The van der Waals surface area contributed by atoms with Crippen molar-refractivity contribution in [3.63, 3.8) is 0 Å². The minimum atomic E-state index is -0.0946. The van der Waals surface area contributed by atoms with E-state index in [1.807, 2.05) is 6.92 Å². The number of hydrogen-bond acceptors (Lipinski definition) is 5. The molecule has 0 spiro atoms. The summed E-state index contributed by atoms with van der Waals surface area (Å²) >= 11 is 1.66. The Hall–Kier alpha value is -0.260. The van der Waals surface area contributed by atoms with E-state index in [9.17, 15) is 4.79 Å². The van der Waals surface area contributed by atoms with E-state index >= 15 is 0 Å². The first-order valence-electron chi connectivity index (χ1n) is 5.49. The molecule has 1 aliphatic heterocycles. The van der Waals surface area contributed by atoms with Gasteiger partial charge in [0.1, 0.15) is 0 Å². The van der Waals surface area contributed by atoms with Crippen molar-refractivity contribution in [2.45, 2.75) is 6.92 Å². The first-order valence-corrected chi connectivity index (χ1v) is 6.65. The summed E-state index contributed by atoms with van der Waals surface area (Å²) in [5.41, 5.74) is 0. The molecule has 0 amide bonds. The van der Waals surface area contributed by atoms with E-state index in [-0.39, 0.29) is 5.97 Å². The Morgan fingerprint density at radius 2 is 2.20 bits per heavy atom. The lowest BCUT2D eigenvalue weighted by atomic mass is 10.4. The van der Waals surface area contributed by atoms with Gasteiger partial charge in [-0.3, -0.25) is 9.69 Å². The van der Waals surface area contributed by atoms with Gasteiger partial charge in [-0.2, -0.15) is 0 Å². The highest BCUT2D eigenvalue weighted by Crippen LogP contribution is 2.02. The lowest BCUT2D eigenvalue weighted by molar-refractivity contribution is -0.139. The highest BCUT2D eigenvalue weighted by Gasteiger charge is 2.09. The molecule has 1 saturated heterocycles. The van der Waals surface area contributed by atoms with Crippen LogP contribution in [0, 0.1) is 0 Å². The molecule has 1 heterocycles. The molecular formula is C10H20N2O2S. The van der Waals surface area contributed by atoms with Crippen LogP contribution < -0.4 is 5.32 Å². The van der Waals surface area contributed by atoms with E-state index in [2.05, 4.69) is 10.2 Å². The maximum atomic E-state index is 11.0. The number of piperazine rings is 1. The highest BCUT2D eigenvalue weighted by atomic mass is 32.2. The first kappa shape index (κ1) is 12.8. The molecule has 4 nitrogen and oxygen atoms in total. The summed E-state index contributed by atoms with van der Waals surface area (Å²) < 4.78 is 4.85. The van der Waals surface area contributed by atoms with Crippen molar-refractivity contribution in [1.82, 2.24) is 10.2 Å². The molecule has 0 aromatic rings. The Labute approximate surface area is 95.7 Å². The summed E-state index contributed by atoms with van der Waals surface area (Å²) in [5.74, 6) is 1.40. The maximum Gasteiger partial charge on any atom is 0.315 e. The number of thioether (sulfide) groups is 1. The molecule has 0 aromatic carbocycles. The van der Waals surface area contributed by atoms with Crippen LogP contribution >= 0.6 is 11.8 Å². The van der Waals surface area contributed by atoms with Crippen molar-refractivity contribution in [2.24, 2.45) is 0 Å². The number of rotatable bonds is 6. The molecule has 0 aromatic heterocycles. The van der Waals surface area contributed by atoms with E-state index in [1.54, 1.807) is 11.8 Å². The van der Waals surface area contributed by atoms with Crippen LogP contribution in [0.2, 0.25) is 0 Å². The van der Waals surface area contributed by atoms with E-state index < -0.39 is 0 Å². The topological polar surface area (TPSA) is 41.6 Å². The normalized spacial score (nSPS) is 17.7. The summed E-state index contributed by atoms with van der Waals surface area (Å²) in [6, 6.07) is 0. The van der Waals surface area contributed by atoms with Gasteiger partial charge in [0.25, 0.3) is 0 Å². The number of nitrogens with zero attached hydrogens (tertiary/aromatic N) is 1. The van der Waals surface area contributed by atoms with Gasteiger partial charge in [0.15, 0.2) is 0 Å². The van der Waals surface area contributed by atoms with E-state index in [4.69, 9.17) is 4.74 Å². The number of carbonyl (C=O) groups excluding carboxylic acids is 1. The van der Waals surface area contributed by atoms with Crippen LogP contribution in [0.4, 0.5) is 0 Å². The summed E-state index contributed by atoms with van der Waals surface area (Å²) in [6.45, 7) is 7.82. The summed E-state index contributed by atoms with van der Waals surface area (Å²) in [4.78, 5) is 13.5. The van der Waals surface area contributed by atoms with Crippen LogP contribution in [0.15, 0.2) is 0 Å². The van der Waals surface area contributed by atoms with Gasteiger partial charge in [-0.15, -0.1) is 11.8 Å². The second-order valence-corrected chi connectivity index (χ2v) is 4.55. The summed E-state index contributed by atoms with van der Waals surface area (Å²) in [6.07, 6.45) is 0. The zero-order valence-corrected chi connectivity index (χ0v) is 10.1. The third kappa shape index (κ3) is 6.02. The minimum absolute atomic E-state index is 0.0946. The van der Waals surface area contributed by atoms with Gasteiger partial charge in [-0.05, 0) is 6.92 Å². The molecule has 0 aliphatic carbocycles. The van der Waals surface area contributed by atoms with Crippen molar-refractivity contribution in [2.75, 3.05) is 50.8 Å². The van der Waals surface area contributed by atoms with Crippen LogP contribution in [0.5, 0.6) is 0 Å². The SMILES string of the molecule is CCOC(=O)CSCCN1CCNCC1. The van der Waals surface area contributed by atoms with Crippen LogP contribution in [0.1, 0.15) is 6.92 Å². The van der Waals surface area contributed by atoms with E-state index in [0.29, 0.717) is 12.4 Å². The molecule has 0 unspecified atom stereocenters. The standard InChI is InChI=1S/C10H20N2O2S/c1-2-14-10(13)9-15-8-7-12-5-3-11-4-6-12/h11H,2-9H2,1H3. The highest BCUT2D eigenvalue weighted by molar-refractivity contribution is 7.99. The van der Waals surface area contributed by atoms with Crippen LogP contribution in [0.25, 0.3) is 0 Å². The quantitative estimate of drug-likeness (QED) is 0.523. The maximum absolute atomic E-state index is 11.0. The summed E-state index contributed by atoms with van der Waals surface area (Å²) in [7, 11) is 0. The first-order chi connectivity index (χ1) is 7.33. The third-order valence-electron chi connectivity index (χ3n) is 2.29. The van der Waals surface area contributed by atoms with Crippen molar-refractivity contribution in [1.29, 1.82) is 0 Å². The molecule has 1 fully saturated rings. The monoisotopic (exact) mass is 232 g/mol. The van der Waals surface area contributed by atoms with Gasteiger partial charge < -0.3 is 10.1 Å². The Morgan fingerprint density at radius 3 is 2.87 bits per heavy atom. The molecule has 1 N–H and O–H groups in total. The minimum Gasteiger partial charge on any atom is -0.465 e. The van der Waals surface area contributed by atoms with Crippen LogP contribution in [-0.2, 0) is 9.53 Å². The Kier molecular flexibility index (Phi) is 6.80. The fourth-order valence-electron chi connectivity index (χ4n) is 1.49. The average molecular weight is 232 g/mol. The molecule has 0 atom stereocenters. The molecule has 1 aliphatic rings. The van der Waals surface area contributed by atoms with Crippen molar-refractivity contribution >= 4 is 17.7 Å². The number of hydrogen-bond donors (Lipinski definition) is 1. The average Bonchev–Trinajstić information content (AvgIpc) is 2.26. The molecular weight excluding hydrogens is 212 g/mol. The zero-order valence-electron chi connectivity index (χ0n) is 9.33. The van der Waals surface area contributed by atoms with Crippen molar-refractivity contribution < 1.29 is 9.53 Å². The fourth-order valence-corrected chi connectivity index (χ4v) is 2.27. The molecule has 15 heavy (non-hydrogen) atoms. The van der Waals surface area contributed by atoms with Gasteiger partial charge in [-0.25, -0.2) is 0 Å². The van der Waals surface area contributed by atoms with E-state index in [1.165, 1.54) is 0 Å². The molecule has 1 rings (SSSR count). The number of ether oxygens (including phenoxy) is 1. The van der Waals surface area contributed by atoms with Crippen LogP contribution in [-0.4, -0.2) is 61.7 Å². The smallest absolute Gasteiger partial charge is 0.315 e. The zero-order chi connectivity index (χ0) is 10.9. The molecule has 0 bridgehead atoms. The predicted octanol–water partition coefficient (Wildman–Crippen LogP) is 0.188. The largest absolute Gasteiger partial charge is 0.465 e. The Morgan fingerprint density at radius 1 is 1.47 bits per heavy atom. The lowest BCUT2D eigenvalue weighted by Crippen LogP contribution is -2.44. The third-order valence-corrected chi connectivity index (χ3v) is 3.20. The van der Waals surface area contributed by atoms with Crippen molar-refractivity contribution in [3.8, 4) is 0 Å². The van der Waals surface area contributed by atoms with Gasteiger partial charge in [-0.1, -0.05) is 0 Å². The molecule has 88 valence electrons. The second kappa shape index (κ2) is 7.96. The predicted molar refractivity (Wildman–Crippen MR) is 63.3 cm³/mol. The Bertz CT molecular complexity index is 184. The molecule has 5 heteroatoms.